The number of fused-ring (bicyclic) bond motifs is 1. The molecule has 64 valence electrons. The van der Waals surface area contributed by atoms with E-state index in [9.17, 15) is 0 Å². The van der Waals surface area contributed by atoms with Crippen molar-refractivity contribution in [3.8, 4) is 12.3 Å². The van der Waals surface area contributed by atoms with Crippen molar-refractivity contribution < 1.29 is 0 Å². The summed E-state index contributed by atoms with van der Waals surface area (Å²) in [6, 6.07) is 0. The number of terminal acetylenes is 1. The maximum Gasteiger partial charge on any atom is 0.155 e. The zero-order valence-corrected chi connectivity index (χ0v) is 7.14. The zero-order valence-electron chi connectivity index (χ0n) is 7.14. The largest absolute Gasteiger partial charge is 0.301 e. The minimum absolute atomic E-state index is 0.746. The molecular formula is C10H9N3. The van der Waals surface area contributed by atoms with E-state index in [1.807, 2.05) is 16.8 Å². The van der Waals surface area contributed by atoms with Gasteiger partial charge >= 0.3 is 0 Å². The number of rotatable bonds is 2. The Hall–Kier alpha value is -1.82. The summed E-state index contributed by atoms with van der Waals surface area (Å²) < 4.78 is 2.00. The van der Waals surface area contributed by atoms with Gasteiger partial charge in [0.1, 0.15) is 0 Å². The summed E-state index contributed by atoms with van der Waals surface area (Å²) >= 11 is 0. The molecule has 0 radical (unpaired) electrons. The first kappa shape index (κ1) is 7.81. The quantitative estimate of drug-likeness (QED) is 0.637. The van der Waals surface area contributed by atoms with Crippen LogP contribution in [-0.4, -0.2) is 14.4 Å². The predicted molar refractivity (Wildman–Crippen MR) is 50.1 cm³/mol. The first-order valence-electron chi connectivity index (χ1n) is 4.11. The van der Waals surface area contributed by atoms with E-state index in [1.54, 1.807) is 12.4 Å². The van der Waals surface area contributed by atoms with Crippen molar-refractivity contribution >= 4 is 5.65 Å². The van der Waals surface area contributed by atoms with Crippen LogP contribution in [-0.2, 0) is 6.42 Å². The summed E-state index contributed by atoms with van der Waals surface area (Å²) in [5.74, 6) is 2.61. The lowest BCUT2D eigenvalue weighted by molar-refractivity contribution is 0.931. The molecular weight excluding hydrogens is 162 g/mol. The number of hydrogen-bond acceptors (Lipinski definition) is 2. The molecule has 13 heavy (non-hydrogen) atoms. The second-order valence-electron chi connectivity index (χ2n) is 2.76. The molecule has 0 aromatic carbocycles. The molecule has 0 saturated carbocycles. The highest BCUT2D eigenvalue weighted by atomic mass is 15.0. The molecule has 0 bridgehead atoms. The van der Waals surface area contributed by atoms with Gasteiger partial charge in [-0.15, -0.1) is 12.3 Å². The molecule has 2 aromatic rings. The molecule has 0 aliphatic carbocycles. The van der Waals surface area contributed by atoms with Gasteiger partial charge in [0, 0.05) is 37.1 Å². The van der Waals surface area contributed by atoms with Gasteiger partial charge in [-0.3, -0.25) is 4.98 Å². The van der Waals surface area contributed by atoms with Crippen LogP contribution in [0.1, 0.15) is 12.1 Å². The third-order valence-corrected chi connectivity index (χ3v) is 1.92. The van der Waals surface area contributed by atoms with Gasteiger partial charge in [0.2, 0.25) is 0 Å². The van der Waals surface area contributed by atoms with E-state index in [4.69, 9.17) is 6.42 Å². The second-order valence-corrected chi connectivity index (χ2v) is 2.76. The molecule has 0 spiro atoms. The zero-order chi connectivity index (χ0) is 9.10. The van der Waals surface area contributed by atoms with Gasteiger partial charge in [-0.05, 0) is 0 Å². The fourth-order valence-corrected chi connectivity index (χ4v) is 1.28. The molecule has 2 heterocycles. The van der Waals surface area contributed by atoms with Crippen LogP contribution in [0.4, 0.5) is 0 Å². The maximum atomic E-state index is 5.20. The molecule has 0 atom stereocenters. The molecule has 0 fully saturated rings. The van der Waals surface area contributed by atoms with Crippen molar-refractivity contribution in [2.24, 2.45) is 0 Å². The van der Waals surface area contributed by atoms with E-state index in [1.165, 1.54) is 0 Å². The highest BCUT2D eigenvalue weighted by Gasteiger charge is 2.00. The Balaban J connectivity index is 2.41. The Morgan fingerprint density at radius 2 is 2.38 bits per heavy atom. The Morgan fingerprint density at radius 1 is 1.46 bits per heavy atom. The van der Waals surface area contributed by atoms with Gasteiger partial charge in [0.15, 0.2) is 5.65 Å². The third-order valence-electron chi connectivity index (χ3n) is 1.92. The van der Waals surface area contributed by atoms with Crippen LogP contribution in [0.25, 0.3) is 5.65 Å². The molecule has 3 nitrogen and oxygen atoms in total. The first-order valence-corrected chi connectivity index (χ1v) is 4.11. The van der Waals surface area contributed by atoms with Crippen molar-refractivity contribution in [1.29, 1.82) is 0 Å². The molecule has 0 aliphatic heterocycles. The van der Waals surface area contributed by atoms with Crippen LogP contribution >= 0.6 is 0 Å². The fourth-order valence-electron chi connectivity index (χ4n) is 1.28. The summed E-state index contributed by atoms with van der Waals surface area (Å²) in [7, 11) is 0. The topological polar surface area (TPSA) is 30.2 Å². The Labute approximate surface area is 76.4 Å². The van der Waals surface area contributed by atoms with Crippen molar-refractivity contribution in [1.82, 2.24) is 14.4 Å². The normalized spacial score (nSPS) is 10.1. The second kappa shape index (κ2) is 3.28. The number of aryl methyl sites for hydroxylation is 1. The van der Waals surface area contributed by atoms with Crippen LogP contribution in [0.15, 0.2) is 24.8 Å². The van der Waals surface area contributed by atoms with E-state index in [2.05, 4.69) is 15.9 Å². The first-order chi connectivity index (χ1) is 6.42. The standard InChI is InChI=1S/C10H9N3/c1-2-3-4-9-7-12-10-8-11-5-6-13(9)10/h1,5-8H,3-4H2. The third kappa shape index (κ3) is 1.38. The van der Waals surface area contributed by atoms with Gasteiger partial charge in [0.05, 0.1) is 6.20 Å². The van der Waals surface area contributed by atoms with Gasteiger partial charge < -0.3 is 4.40 Å². The predicted octanol–water partition coefficient (Wildman–Crippen LogP) is 1.30. The lowest BCUT2D eigenvalue weighted by Gasteiger charge is -1.96. The van der Waals surface area contributed by atoms with Crippen LogP contribution in [0, 0.1) is 12.3 Å². The van der Waals surface area contributed by atoms with Gasteiger partial charge in [-0.25, -0.2) is 4.98 Å². The van der Waals surface area contributed by atoms with E-state index in [0.717, 1.165) is 24.2 Å². The summed E-state index contributed by atoms with van der Waals surface area (Å²) in [6.45, 7) is 0. The number of aromatic nitrogens is 3. The van der Waals surface area contributed by atoms with Gasteiger partial charge in [0.25, 0.3) is 0 Å². The number of nitrogens with zero attached hydrogens (tertiary/aromatic N) is 3. The molecule has 0 amide bonds. The minimum Gasteiger partial charge on any atom is -0.301 e. The Bertz CT molecular complexity index is 450. The maximum absolute atomic E-state index is 5.20. The fraction of sp³-hybridized carbons (Fsp3) is 0.200. The van der Waals surface area contributed by atoms with E-state index < -0.39 is 0 Å². The highest BCUT2D eigenvalue weighted by Crippen LogP contribution is 2.06. The van der Waals surface area contributed by atoms with Crippen LogP contribution in [0.2, 0.25) is 0 Å². The minimum atomic E-state index is 0.746. The summed E-state index contributed by atoms with van der Waals surface area (Å²) in [6.07, 6.45) is 14.0. The van der Waals surface area contributed by atoms with Crippen LogP contribution in [0.3, 0.4) is 0 Å². The molecule has 2 aromatic heterocycles. The van der Waals surface area contributed by atoms with Crippen LogP contribution in [0.5, 0.6) is 0 Å². The average Bonchev–Trinajstić information content (AvgIpc) is 2.58. The lowest BCUT2D eigenvalue weighted by Crippen LogP contribution is -1.92. The lowest BCUT2D eigenvalue weighted by atomic mass is 10.2. The molecule has 0 saturated heterocycles. The highest BCUT2D eigenvalue weighted by molar-refractivity contribution is 5.36. The molecule has 2 rings (SSSR count). The van der Waals surface area contributed by atoms with E-state index in [-0.39, 0.29) is 0 Å². The van der Waals surface area contributed by atoms with Gasteiger partial charge in [-0.1, -0.05) is 0 Å². The number of hydrogen-bond donors (Lipinski definition) is 0. The SMILES string of the molecule is C#CCCc1cnc2cnccn12. The van der Waals surface area contributed by atoms with Crippen molar-refractivity contribution in [3.63, 3.8) is 0 Å². The van der Waals surface area contributed by atoms with Crippen LogP contribution < -0.4 is 0 Å². The van der Waals surface area contributed by atoms with Crippen molar-refractivity contribution in [3.05, 3.63) is 30.5 Å². The Morgan fingerprint density at radius 3 is 3.23 bits per heavy atom. The summed E-state index contributed by atoms with van der Waals surface area (Å²) in [5.41, 5.74) is 2.00. The molecule has 3 heteroatoms. The Kier molecular flexibility index (Phi) is 1.97. The summed E-state index contributed by atoms with van der Waals surface area (Å²) in [4.78, 5) is 8.19. The number of imidazole rings is 1. The summed E-state index contributed by atoms with van der Waals surface area (Å²) in [5, 5.41) is 0. The molecule has 0 N–H and O–H groups in total. The van der Waals surface area contributed by atoms with E-state index in [0.29, 0.717) is 0 Å². The monoisotopic (exact) mass is 171 g/mol. The van der Waals surface area contributed by atoms with Crippen molar-refractivity contribution in [2.75, 3.05) is 0 Å². The molecule has 0 aliphatic rings. The van der Waals surface area contributed by atoms with Crippen molar-refractivity contribution in [2.45, 2.75) is 12.8 Å². The smallest absolute Gasteiger partial charge is 0.155 e. The van der Waals surface area contributed by atoms with Gasteiger partial charge in [-0.2, -0.15) is 0 Å². The van der Waals surface area contributed by atoms with E-state index >= 15 is 0 Å². The average molecular weight is 171 g/mol. The molecule has 0 unspecified atom stereocenters.